The van der Waals surface area contributed by atoms with Crippen LogP contribution in [0, 0.1) is 0 Å². The third-order valence-corrected chi connectivity index (χ3v) is 2.64. The maximum atomic E-state index is 3.49. The normalized spacial score (nSPS) is 24.0. The minimum absolute atomic E-state index is 1.12. The fourth-order valence-corrected chi connectivity index (χ4v) is 1.73. The van der Waals surface area contributed by atoms with Crippen LogP contribution in [0.25, 0.3) is 0 Å². The zero-order valence-electron chi connectivity index (χ0n) is 9.28. The average molecular weight is 199 g/mol. The van der Waals surface area contributed by atoms with Gasteiger partial charge in [-0.25, -0.2) is 0 Å². The Kier molecular flexibility index (Phi) is 8.06. The van der Waals surface area contributed by atoms with Crippen LogP contribution >= 0.6 is 0 Å². The van der Waals surface area contributed by atoms with Crippen molar-refractivity contribution in [1.29, 1.82) is 0 Å². The number of hydrogen-bond donors (Lipinski definition) is 3. The van der Waals surface area contributed by atoms with Gasteiger partial charge in [0, 0.05) is 13.1 Å². The summed E-state index contributed by atoms with van der Waals surface area (Å²) in [6, 6.07) is 0. The van der Waals surface area contributed by atoms with E-state index in [1.165, 1.54) is 58.3 Å². The van der Waals surface area contributed by atoms with Crippen molar-refractivity contribution < 1.29 is 0 Å². The molecule has 1 aliphatic rings. The van der Waals surface area contributed by atoms with Gasteiger partial charge in [-0.3, -0.25) is 0 Å². The van der Waals surface area contributed by atoms with Crippen LogP contribution in [0.5, 0.6) is 0 Å². The molecule has 0 bridgehead atoms. The molecule has 0 aromatic heterocycles. The minimum Gasteiger partial charge on any atom is -0.317 e. The molecule has 0 unspecified atom stereocenters. The highest BCUT2D eigenvalue weighted by Gasteiger charge is 1.93. The largest absolute Gasteiger partial charge is 0.317 e. The Morgan fingerprint density at radius 1 is 0.357 bits per heavy atom. The van der Waals surface area contributed by atoms with E-state index in [1.54, 1.807) is 0 Å². The quantitative estimate of drug-likeness (QED) is 0.538. The van der Waals surface area contributed by atoms with Gasteiger partial charge >= 0.3 is 0 Å². The summed E-state index contributed by atoms with van der Waals surface area (Å²) in [4.78, 5) is 0. The standard InChI is InChI=1S/C11H25N3/c1-2-6-12-8-4-5-9-14-11-10-13-7-3-1/h12-14H,1-11H2. The van der Waals surface area contributed by atoms with Crippen molar-refractivity contribution in [3.63, 3.8) is 0 Å². The summed E-state index contributed by atoms with van der Waals surface area (Å²) in [5.74, 6) is 0. The minimum atomic E-state index is 1.12. The highest BCUT2D eigenvalue weighted by Crippen LogP contribution is 1.93. The summed E-state index contributed by atoms with van der Waals surface area (Å²) < 4.78 is 0. The first-order valence-electron chi connectivity index (χ1n) is 6.12. The zero-order chi connectivity index (χ0) is 9.90. The Morgan fingerprint density at radius 3 is 1.21 bits per heavy atom. The lowest BCUT2D eigenvalue weighted by Crippen LogP contribution is -2.29. The van der Waals surface area contributed by atoms with Gasteiger partial charge < -0.3 is 16.0 Å². The Morgan fingerprint density at radius 2 is 0.714 bits per heavy atom. The third-order valence-electron chi connectivity index (χ3n) is 2.64. The molecular weight excluding hydrogens is 174 g/mol. The molecule has 0 radical (unpaired) electrons. The summed E-state index contributed by atoms with van der Waals surface area (Å²) in [5.41, 5.74) is 0. The monoisotopic (exact) mass is 199 g/mol. The molecule has 1 heterocycles. The Balaban J connectivity index is 2.00. The second-order valence-corrected chi connectivity index (χ2v) is 4.02. The van der Waals surface area contributed by atoms with Crippen molar-refractivity contribution in [3.8, 4) is 0 Å². The molecule has 0 aromatic carbocycles. The smallest absolute Gasteiger partial charge is 0.00767 e. The summed E-state index contributed by atoms with van der Waals surface area (Å²) in [6.07, 6.45) is 6.61. The van der Waals surface area contributed by atoms with Crippen molar-refractivity contribution in [2.24, 2.45) is 0 Å². The van der Waals surface area contributed by atoms with E-state index in [0.29, 0.717) is 0 Å². The average Bonchev–Trinajstić information content (AvgIpc) is 2.22. The summed E-state index contributed by atoms with van der Waals surface area (Å²) in [7, 11) is 0. The first kappa shape index (κ1) is 12.0. The van der Waals surface area contributed by atoms with Gasteiger partial charge in [-0.1, -0.05) is 6.42 Å². The van der Waals surface area contributed by atoms with Crippen molar-refractivity contribution in [3.05, 3.63) is 0 Å². The van der Waals surface area contributed by atoms with Gasteiger partial charge in [0.05, 0.1) is 0 Å². The summed E-state index contributed by atoms with van der Waals surface area (Å²) >= 11 is 0. The van der Waals surface area contributed by atoms with Gasteiger partial charge in [0.1, 0.15) is 0 Å². The molecule has 84 valence electrons. The lowest BCUT2D eigenvalue weighted by Gasteiger charge is -2.09. The fourth-order valence-electron chi connectivity index (χ4n) is 1.73. The van der Waals surface area contributed by atoms with Gasteiger partial charge in [0.15, 0.2) is 0 Å². The van der Waals surface area contributed by atoms with Crippen molar-refractivity contribution in [1.82, 2.24) is 16.0 Å². The molecule has 3 heteroatoms. The second-order valence-electron chi connectivity index (χ2n) is 4.02. The van der Waals surface area contributed by atoms with Gasteiger partial charge in [0.2, 0.25) is 0 Å². The van der Waals surface area contributed by atoms with Gasteiger partial charge in [-0.2, -0.15) is 0 Å². The van der Waals surface area contributed by atoms with E-state index in [2.05, 4.69) is 16.0 Å². The molecule has 3 nitrogen and oxygen atoms in total. The molecular formula is C11H25N3. The fraction of sp³-hybridized carbons (Fsp3) is 1.00. The molecule has 0 spiro atoms. The summed E-state index contributed by atoms with van der Waals surface area (Å²) in [6.45, 7) is 6.99. The molecule has 14 heavy (non-hydrogen) atoms. The molecule has 1 saturated heterocycles. The van der Waals surface area contributed by atoms with E-state index in [0.717, 1.165) is 13.1 Å². The zero-order valence-corrected chi connectivity index (χ0v) is 9.28. The third kappa shape index (κ3) is 7.30. The maximum Gasteiger partial charge on any atom is 0.00767 e. The molecule has 0 aliphatic carbocycles. The van der Waals surface area contributed by atoms with E-state index in [1.807, 2.05) is 0 Å². The van der Waals surface area contributed by atoms with Crippen LogP contribution in [-0.2, 0) is 0 Å². The predicted octanol–water partition coefficient (Wildman–Crippen LogP) is 0.719. The lowest BCUT2D eigenvalue weighted by atomic mass is 10.2. The van der Waals surface area contributed by atoms with Crippen LogP contribution < -0.4 is 16.0 Å². The Hall–Kier alpha value is -0.120. The van der Waals surface area contributed by atoms with E-state index >= 15 is 0 Å². The molecule has 0 amide bonds. The molecule has 0 aromatic rings. The van der Waals surface area contributed by atoms with Crippen LogP contribution in [0.15, 0.2) is 0 Å². The van der Waals surface area contributed by atoms with E-state index < -0.39 is 0 Å². The number of nitrogens with one attached hydrogen (secondary N) is 3. The van der Waals surface area contributed by atoms with Crippen LogP contribution in [0.3, 0.4) is 0 Å². The molecule has 0 atom stereocenters. The van der Waals surface area contributed by atoms with Crippen LogP contribution in [0.1, 0.15) is 32.1 Å². The summed E-state index contributed by atoms with van der Waals surface area (Å²) in [5, 5.41) is 10.4. The number of rotatable bonds is 0. The van der Waals surface area contributed by atoms with Crippen molar-refractivity contribution in [2.45, 2.75) is 32.1 Å². The first-order valence-corrected chi connectivity index (χ1v) is 6.12. The Bertz CT molecular complexity index is 63.8. The second kappa shape index (κ2) is 9.44. The molecule has 3 N–H and O–H groups in total. The highest BCUT2D eigenvalue weighted by atomic mass is 14.9. The van der Waals surface area contributed by atoms with Crippen LogP contribution in [0.4, 0.5) is 0 Å². The molecule has 0 saturated carbocycles. The SMILES string of the molecule is C1CCNCCCCNCCNCC1. The van der Waals surface area contributed by atoms with Crippen molar-refractivity contribution >= 4 is 0 Å². The topological polar surface area (TPSA) is 36.1 Å². The predicted molar refractivity (Wildman–Crippen MR) is 61.7 cm³/mol. The van der Waals surface area contributed by atoms with Gasteiger partial charge in [-0.05, 0) is 51.9 Å². The molecule has 1 rings (SSSR count). The first-order chi connectivity index (χ1) is 7.00. The lowest BCUT2D eigenvalue weighted by molar-refractivity contribution is 0.524. The van der Waals surface area contributed by atoms with E-state index in [9.17, 15) is 0 Å². The van der Waals surface area contributed by atoms with Crippen LogP contribution in [-0.4, -0.2) is 39.3 Å². The molecule has 1 fully saturated rings. The van der Waals surface area contributed by atoms with E-state index in [-0.39, 0.29) is 0 Å². The van der Waals surface area contributed by atoms with Crippen LogP contribution in [0.2, 0.25) is 0 Å². The van der Waals surface area contributed by atoms with E-state index in [4.69, 9.17) is 0 Å². The maximum absolute atomic E-state index is 3.49. The molecule has 1 aliphatic heterocycles. The van der Waals surface area contributed by atoms with Gasteiger partial charge in [-0.15, -0.1) is 0 Å². The van der Waals surface area contributed by atoms with Crippen molar-refractivity contribution in [2.75, 3.05) is 39.3 Å². The Labute approximate surface area is 88.0 Å². The highest BCUT2D eigenvalue weighted by molar-refractivity contribution is 4.57. The number of hydrogen-bond acceptors (Lipinski definition) is 3. The van der Waals surface area contributed by atoms with Gasteiger partial charge in [0.25, 0.3) is 0 Å².